The van der Waals surface area contributed by atoms with Gasteiger partial charge in [-0.1, -0.05) is 49.5 Å². The molecule has 0 aliphatic carbocycles. The van der Waals surface area contributed by atoms with E-state index in [-0.39, 0.29) is 12.0 Å². The van der Waals surface area contributed by atoms with E-state index >= 15 is 0 Å². The van der Waals surface area contributed by atoms with Crippen molar-refractivity contribution in [2.45, 2.75) is 25.9 Å². The number of benzene rings is 2. The normalized spacial score (nSPS) is 11.0. The van der Waals surface area contributed by atoms with Crippen LogP contribution in [-0.2, 0) is 12.0 Å². The molecule has 3 aromatic rings. The molecule has 0 spiro atoms. The molecule has 0 saturated carbocycles. The van der Waals surface area contributed by atoms with Crippen LogP contribution >= 0.6 is 35.1 Å². The summed E-state index contributed by atoms with van der Waals surface area (Å²) >= 11 is 13.7. The van der Waals surface area contributed by atoms with Gasteiger partial charge in [0.2, 0.25) is 0 Å². The number of nitrogens with zero attached hydrogens (tertiary/aromatic N) is 2. The third-order valence-corrected chi connectivity index (χ3v) is 6.08. The van der Waals surface area contributed by atoms with E-state index in [1.54, 1.807) is 12.4 Å². The Labute approximate surface area is 209 Å². The van der Waals surface area contributed by atoms with Crippen LogP contribution < -0.4 is 14.2 Å². The molecule has 2 aromatic carbocycles. The SMILES string of the molecule is CSNc1cncc(COc2ccc(C(C)(C)c3cc(Cl)c(OCCCl)c(C#N)c3)cc2)c1. The van der Waals surface area contributed by atoms with Gasteiger partial charge in [-0.15, -0.1) is 11.6 Å². The minimum Gasteiger partial charge on any atom is -0.489 e. The van der Waals surface area contributed by atoms with Crippen LogP contribution in [0.3, 0.4) is 0 Å². The van der Waals surface area contributed by atoms with Gasteiger partial charge in [-0.05, 0) is 41.5 Å². The fourth-order valence-corrected chi connectivity index (χ4v) is 4.06. The molecule has 0 bridgehead atoms. The van der Waals surface area contributed by atoms with Crippen LogP contribution in [-0.4, -0.2) is 23.7 Å². The second-order valence-electron chi connectivity index (χ2n) is 7.81. The molecule has 0 unspecified atom stereocenters. The lowest BCUT2D eigenvalue weighted by molar-refractivity contribution is 0.305. The van der Waals surface area contributed by atoms with E-state index < -0.39 is 0 Å². The van der Waals surface area contributed by atoms with E-state index in [1.807, 2.05) is 48.7 Å². The second kappa shape index (κ2) is 11.5. The standard InChI is InChI=1S/C25H25Cl2N3O2S/c1-25(2,20-11-18(13-28)24(23(27)12-20)31-9-8-26)19-4-6-22(7-5-19)32-16-17-10-21(30-33-3)15-29-14-17/h4-7,10-12,14-15,30H,8-9,16H2,1-3H3. The summed E-state index contributed by atoms with van der Waals surface area (Å²) in [6.45, 7) is 4.88. The predicted octanol–water partition coefficient (Wildman–Crippen LogP) is 6.82. The van der Waals surface area contributed by atoms with Crippen molar-refractivity contribution in [1.29, 1.82) is 5.26 Å². The fourth-order valence-electron chi connectivity index (χ4n) is 3.37. The fraction of sp³-hybridized carbons (Fsp3) is 0.280. The Morgan fingerprint density at radius 3 is 2.52 bits per heavy atom. The summed E-state index contributed by atoms with van der Waals surface area (Å²) in [5, 5.41) is 9.99. The van der Waals surface area contributed by atoms with Gasteiger partial charge >= 0.3 is 0 Å². The van der Waals surface area contributed by atoms with Gasteiger partial charge < -0.3 is 14.2 Å². The summed E-state index contributed by atoms with van der Waals surface area (Å²) < 4.78 is 14.7. The quantitative estimate of drug-likeness (QED) is 0.242. The van der Waals surface area contributed by atoms with Gasteiger partial charge in [-0.3, -0.25) is 4.98 Å². The van der Waals surface area contributed by atoms with Crippen LogP contribution in [0.5, 0.6) is 11.5 Å². The first-order valence-electron chi connectivity index (χ1n) is 10.3. The first kappa shape index (κ1) is 25.0. The number of pyridine rings is 1. The number of hydrogen-bond donors (Lipinski definition) is 1. The Morgan fingerprint density at radius 1 is 1.09 bits per heavy atom. The van der Waals surface area contributed by atoms with Crippen LogP contribution in [0.15, 0.2) is 54.9 Å². The van der Waals surface area contributed by atoms with Crippen molar-refractivity contribution in [3.63, 3.8) is 0 Å². The molecular formula is C25H25Cl2N3O2S. The third kappa shape index (κ3) is 6.26. The van der Waals surface area contributed by atoms with Crippen molar-refractivity contribution in [3.05, 3.63) is 82.1 Å². The molecule has 0 atom stereocenters. The number of alkyl halides is 1. The zero-order chi connectivity index (χ0) is 23.8. The molecule has 0 radical (unpaired) electrons. The zero-order valence-electron chi connectivity index (χ0n) is 18.7. The molecule has 1 heterocycles. The van der Waals surface area contributed by atoms with Crippen LogP contribution in [0.4, 0.5) is 5.69 Å². The van der Waals surface area contributed by atoms with Gasteiger partial charge in [0, 0.05) is 23.4 Å². The molecule has 172 valence electrons. The van der Waals surface area contributed by atoms with Gasteiger partial charge in [0.25, 0.3) is 0 Å². The summed E-state index contributed by atoms with van der Waals surface area (Å²) in [4.78, 5) is 4.23. The lowest BCUT2D eigenvalue weighted by atomic mass is 9.77. The molecule has 0 saturated heterocycles. The minimum absolute atomic E-state index is 0.286. The monoisotopic (exact) mass is 501 g/mol. The van der Waals surface area contributed by atoms with Gasteiger partial charge in [-0.25, -0.2) is 0 Å². The highest BCUT2D eigenvalue weighted by Crippen LogP contribution is 2.38. The minimum atomic E-state index is -0.388. The van der Waals surface area contributed by atoms with E-state index in [4.69, 9.17) is 32.7 Å². The maximum absolute atomic E-state index is 9.59. The number of anilines is 1. The molecule has 5 nitrogen and oxygen atoms in total. The number of hydrogen-bond acceptors (Lipinski definition) is 6. The summed E-state index contributed by atoms with van der Waals surface area (Å²) in [6.07, 6.45) is 5.53. The number of ether oxygens (including phenoxy) is 2. The second-order valence-corrected chi connectivity index (χ2v) is 9.21. The molecule has 33 heavy (non-hydrogen) atoms. The smallest absolute Gasteiger partial charge is 0.155 e. The average Bonchev–Trinajstić information content (AvgIpc) is 2.82. The topological polar surface area (TPSA) is 67.2 Å². The van der Waals surface area contributed by atoms with Gasteiger partial charge in [0.05, 0.1) is 28.4 Å². The van der Waals surface area contributed by atoms with Crippen molar-refractivity contribution in [2.75, 3.05) is 23.5 Å². The van der Waals surface area contributed by atoms with E-state index in [2.05, 4.69) is 29.6 Å². The van der Waals surface area contributed by atoms with Crippen molar-refractivity contribution in [3.8, 4) is 17.6 Å². The van der Waals surface area contributed by atoms with Crippen LogP contribution in [0.2, 0.25) is 5.02 Å². The molecule has 0 amide bonds. The predicted molar refractivity (Wildman–Crippen MR) is 137 cm³/mol. The number of aromatic nitrogens is 1. The number of halogens is 2. The Kier molecular flexibility index (Phi) is 8.74. The highest BCUT2D eigenvalue weighted by molar-refractivity contribution is 7.99. The van der Waals surface area contributed by atoms with E-state index in [0.717, 1.165) is 28.1 Å². The largest absolute Gasteiger partial charge is 0.489 e. The number of nitrogens with one attached hydrogen (secondary N) is 1. The first-order chi connectivity index (χ1) is 15.9. The zero-order valence-corrected chi connectivity index (χ0v) is 21.0. The van der Waals surface area contributed by atoms with Crippen molar-refractivity contribution < 1.29 is 9.47 Å². The van der Waals surface area contributed by atoms with E-state index in [1.165, 1.54) is 11.9 Å². The van der Waals surface area contributed by atoms with Gasteiger partial charge in [0.1, 0.15) is 25.0 Å². The Morgan fingerprint density at radius 2 is 1.85 bits per heavy atom. The highest BCUT2D eigenvalue weighted by atomic mass is 35.5. The molecule has 0 aliphatic heterocycles. The van der Waals surface area contributed by atoms with Crippen molar-refractivity contribution in [1.82, 2.24) is 4.98 Å². The lowest BCUT2D eigenvalue weighted by Crippen LogP contribution is -2.19. The molecule has 3 rings (SSSR count). The van der Waals surface area contributed by atoms with E-state index in [0.29, 0.717) is 28.8 Å². The Balaban J connectivity index is 1.76. The number of nitriles is 1. The molecule has 0 aliphatic rings. The van der Waals surface area contributed by atoms with E-state index in [9.17, 15) is 5.26 Å². The molecular weight excluding hydrogens is 477 g/mol. The third-order valence-electron chi connectivity index (χ3n) is 5.21. The highest BCUT2D eigenvalue weighted by Gasteiger charge is 2.26. The average molecular weight is 502 g/mol. The van der Waals surface area contributed by atoms with Gasteiger partial charge in [-0.2, -0.15) is 5.26 Å². The number of rotatable bonds is 10. The maximum atomic E-state index is 9.59. The van der Waals surface area contributed by atoms with Crippen LogP contribution in [0, 0.1) is 11.3 Å². The summed E-state index contributed by atoms with van der Waals surface area (Å²) in [5.74, 6) is 1.45. The van der Waals surface area contributed by atoms with Crippen molar-refractivity contribution >= 4 is 40.8 Å². The molecule has 0 fully saturated rings. The Bertz CT molecular complexity index is 1130. The molecule has 8 heteroatoms. The first-order valence-corrected chi connectivity index (χ1v) is 12.4. The molecule has 1 aromatic heterocycles. The lowest BCUT2D eigenvalue weighted by Gasteiger charge is -2.27. The summed E-state index contributed by atoms with van der Waals surface area (Å²) in [5.41, 5.74) is 3.91. The van der Waals surface area contributed by atoms with Gasteiger partial charge in [0.15, 0.2) is 5.75 Å². The summed E-state index contributed by atoms with van der Waals surface area (Å²) in [6, 6.07) is 15.8. The van der Waals surface area contributed by atoms with Crippen molar-refractivity contribution in [2.24, 2.45) is 0 Å². The van der Waals surface area contributed by atoms with Crippen LogP contribution in [0.25, 0.3) is 0 Å². The molecule has 1 N–H and O–H groups in total. The maximum Gasteiger partial charge on any atom is 0.155 e. The summed E-state index contributed by atoms with van der Waals surface area (Å²) in [7, 11) is 0. The van der Waals surface area contributed by atoms with Crippen LogP contribution in [0.1, 0.15) is 36.1 Å². The Hall–Kier alpha value is -2.59.